The lowest BCUT2D eigenvalue weighted by Gasteiger charge is -2.10. The molecule has 0 spiro atoms. The Morgan fingerprint density at radius 2 is 2.18 bits per heavy atom. The van der Waals surface area contributed by atoms with E-state index in [-0.39, 0.29) is 12.4 Å². The highest BCUT2D eigenvalue weighted by Gasteiger charge is 2.07. The zero-order chi connectivity index (χ0) is 15.9. The average molecular weight is 420 g/mol. The molecule has 1 aromatic carbocycles. The van der Waals surface area contributed by atoms with Gasteiger partial charge in [-0.1, -0.05) is 0 Å². The summed E-state index contributed by atoms with van der Waals surface area (Å²) in [5.41, 5.74) is 0.509. The fraction of sp³-hybridized carbons (Fsp3) is 0.286. The number of hydrogen-bond acceptors (Lipinski definition) is 5. The number of aromatic nitrogens is 2. The Morgan fingerprint density at radius 1 is 1.36 bits per heavy atom. The van der Waals surface area contributed by atoms with Crippen LogP contribution in [0.1, 0.15) is 6.42 Å². The van der Waals surface area contributed by atoms with Gasteiger partial charge in [0, 0.05) is 24.5 Å². The molecule has 0 aliphatic carbocycles. The highest BCUT2D eigenvalue weighted by atomic mass is 127. The summed E-state index contributed by atoms with van der Waals surface area (Å²) in [4.78, 5) is 8.43. The molecule has 22 heavy (non-hydrogen) atoms. The molecule has 5 nitrogen and oxygen atoms in total. The molecule has 0 saturated heterocycles. The number of methoxy groups -OCH3 is 1. The zero-order valence-corrected chi connectivity index (χ0v) is 14.0. The lowest BCUT2D eigenvalue weighted by atomic mass is 10.3. The van der Waals surface area contributed by atoms with Gasteiger partial charge < -0.3 is 15.4 Å². The van der Waals surface area contributed by atoms with E-state index in [1.165, 1.54) is 19.2 Å². The van der Waals surface area contributed by atoms with Crippen molar-refractivity contribution in [2.45, 2.75) is 6.42 Å². The van der Waals surface area contributed by atoms with E-state index in [4.69, 9.17) is 4.74 Å². The number of nitrogens with one attached hydrogen (secondary N) is 2. The number of ether oxygens (including phenoxy) is 1. The number of alkyl halides is 1. The van der Waals surface area contributed by atoms with Crippen molar-refractivity contribution in [2.75, 3.05) is 31.0 Å². The number of nitrogens with zero attached hydrogens (tertiary/aromatic N) is 2. The van der Waals surface area contributed by atoms with Crippen LogP contribution in [0.3, 0.4) is 0 Å². The first-order valence-corrected chi connectivity index (χ1v) is 7.65. The van der Waals surface area contributed by atoms with Gasteiger partial charge in [0.15, 0.2) is 11.6 Å². The molecule has 0 atom stereocenters. The maximum Gasteiger partial charge on any atom is 0.229 e. The number of rotatable bonds is 7. The molecule has 2 aromatic rings. The Hall–Kier alpha value is -1.71. The van der Waals surface area contributed by atoms with Gasteiger partial charge in [0.05, 0.1) is 17.4 Å². The third-order valence-corrected chi connectivity index (χ3v) is 3.54. The van der Waals surface area contributed by atoms with E-state index < -0.39 is 5.82 Å². The summed E-state index contributed by atoms with van der Waals surface area (Å²) in [6.45, 7) is 0.102. The predicted molar refractivity (Wildman–Crippen MR) is 90.1 cm³/mol. The third-order valence-electron chi connectivity index (χ3n) is 2.75. The smallest absolute Gasteiger partial charge is 0.229 e. The van der Waals surface area contributed by atoms with Crippen molar-refractivity contribution in [3.8, 4) is 5.75 Å². The SMILES string of the molecule is COc1ccc(Nc2ncc(I)c(NCCCF)n2)cc1F. The molecule has 2 N–H and O–H groups in total. The van der Waals surface area contributed by atoms with E-state index in [1.807, 2.05) is 0 Å². The second-order valence-electron chi connectivity index (χ2n) is 4.33. The monoisotopic (exact) mass is 420 g/mol. The van der Waals surface area contributed by atoms with E-state index in [1.54, 1.807) is 12.3 Å². The van der Waals surface area contributed by atoms with Gasteiger partial charge in [-0.15, -0.1) is 0 Å². The van der Waals surface area contributed by atoms with Crippen LogP contribution in [0.5, 0.6) is 5.75 Å². The van der Waals surface area contributed by atoms with E-state index in [9.17, 15) is 8.78 Å². The first kappa shape index (κ1) is 16.7. The Labute approximate surface area is 140 Å². The van der Waals surface area contributed by atoms with Gasteiger partial charge in [-0.05, 0) is 41.1 Å². The Balaban J connectivity index is 2.12. The molecule has 0 aliphatic heterocycles. The van der Waals surface area contributed by atoms with E-state index >= 15 is 0 Å². The molecule has 0 fully saturated rings. The topological polar surface area (TPSA) is 59.1 Å². The van der Waals surface area contributed by atoms with Gasteiger partial charge in [-0.25, -0.2) is 9.37 Å². The highest BCUT2D eigenvalue weighted by Crippen LogP contribution is 2.23. The summed E-state index contributed by atoms with van der Waals surface area (Å²) in [6, 6.07) is 4.49. The van der Waals surface area contributed by atoms with Gasteiger partial charge in [-0.2, -0.15) is 4.98 Å². The third kappa shape index (κ3) is 4.39. The standard InChI is InChI=1S/C14H15F2IN4O/c1-22-12-4-3-9(7-10(12)16)20-14-19-8-11(17)13(21-14)18-6-2-5-15/h3-4,7-8H,2,5-6H2,1H3,(H2,18,19,20,21). The highest BCUT2D eigenvalue weighted by molar-refractivity contribution is 14.1. The number of halogens is 3. The minimum absolute atomic E-state index is 0.169. The fourth-order valence-corrected chi connectivity index (χ4v) is 2.15. The summed E-state index contributed by atoms with van der Waals surface area (Å²) in [6.07, 6.45) is 2.04. The molecule has 0 aliphatic rings. The van der Waals surface area contributed by atoms with E-state index in [2.05, 4.69) is 43.2 Å². The number of benzene rings is 1. The summed E-state index contributed by atoms with van der Waals surface area (Å²) >= 11 is 2.09. The average Bonchev–Trinajstić information content (AvgIpc) is 2.51. The largest absolute Gasteiger partial charge is 0.494 e. The van der Waals surface area contributed by atoms with Crippen molar-refractivity contribution in [3.05, 3.63) is 33.8 Å². The quantitative estimate of drug-likeness (QED) is 0.528. The lowest BCUT2D eigenvalue weighted by Crippen LogP contribution is -2.08. The van der Waals surface area contributed by atoms with Crippen molar-refractivity contribution in [1.29, 1.82) is 0 Å². The van der Waals surface area contributed by atoms with Gasteiger partial charge in [0.25, 0.3) is 0 Å². The molecule has 0 saturated carbocycles. The van der Waals surface area contributed by atoms with Crippen molar-refractivity contribution >= 4 is 40.0 Å². The molecule has 1 heterocycles. The van der Waals surface area contributed by atoms with Crippen LogP contribution in [0.2, 0.25) is 0 Å². The van der Waals surface area contributed by atoms with Crippen molar-refractivity contribution in [3.63, 3.8) is 0 Å². The van der Waals surface area contributed by atoms with Gasteiger partial charge >= 0.3 is 0 Å². The van der Waals surface area contributed by atoms with Crippen LogP contribution in [0, 0.1) is 9.39 Å². The molecule has 2 rings (SSSR count). The van der Waals surface area contributed by atoms with Crippen LogP contribution in [0.15, 0.2) is 24.4 Å². The lowest BCUT2D eigenvalue weighted by molar-refractivity contribution is 0.386. The van der Waals surface area contributed by atoms with Crippen molar-refractivity contribution in [2.24, 2.45) is 0 Å². The molecule has 0 radical (unpaired) electrons. The van der Waals surface area contributed by atoms with Crippen LogP contribution in [0.25, 0.3) is 0 Å². The second kappa shape index (κ2) is 8.06. The Bertz CT molecular complexity index is 642. The van der Waals surface area contributed by atoms with Gasteiger partial charge in [-0.3, -0.25) is 4.39 Å². The summed E-state index contributed by atoms with van der Waals surface area (Å²) < 4.78 is 31.5. The molecule has 1 aromatic heterocycles. The fourth-order valence-electron chi connectivity index (χ4n) is 1.70. The van der Waals surface area contributed by atoms with Gasteiger partial charge in [0.2, 0.25) is 5.95 Å². The maximum absolute atomic E-state index is 13.6. The molecule has 0 bridgehead atoms. The molecule has 118 valence electrons. The maximum atomic E-state index is 13.6. The van der Waals surface area contributed by atoms with E-state index in [0.717, 1.165) is 3.57 Å². The van der Waals surface area contributed by atoms with Crippen LogP contribution in [0.4, 0.5) is 26.2 Å². The molecule has 0 amide bonds. The van der Waals surface area contributed by atoms with Crippen molar-refractivity contribution in [1.82, 2.24) is 9.97 Å². The summed E-state index contributed by atoms with van der Waals surface area (Å²) in [5.74, 6) is 0.634. The normalized spacial score (nSPS) is 10.4. The minimum atomic E-state index is -0.473. The first-order valence-electron chi connectivity index (χ1n) is 6.57. The Morgan fingerprint density at radius 3 is 2.86 bits per heavy atom. The number of anilines is 3. The molecular formula is C14H15F2IN4O. The second-order valence-corrected chi connectivity index (χ2v) is 5.50. The van der Waals surface area contributed by atoms with Crippen molar-refractivity contribution < 1.29 is 13.5 Å². The molecular weight excluding hydrogens is 405 g/mol. The van der Waals surface area contributed by atoms with E-state index in [0.29, 0.717) is 30.4 Å². The Kier molecular flexibility index (Phi) is 6.10. The summed E-state index contributed by atoms with van der Waals surface area (Å²) in [7, 11) is 1.41. The number of hydrogen-bond donors (Lipinski definition) is 2. The zero-order valence-electron chi connectivity index (χ0n) is 11.9. The van der Waals surface area contributed by atoms with Crippen LogP contribution < -0.4 is 15.4 Å². The first-order chi connectivity index (χ1) is 10.6. The predicted octanol–water partition coefficient (Wildman–Crippen LogP) is 3.74. The molecule has 0 unspecified atom stereocenters. The van der Waals surface area contributed by atoms with Gasteiger partial charge in [0.1, 0.15) is 5.82 Å². The molecule has 8 heteroatoms. The van der Waals surface area contributed by atoms with Crippen LogP contribution in [-0.2, 0) is 0 Å². The summed E-state index contributed by atoms with van der Waals surface area (Å²) in [5, 5.41) is 5.96. The van der Waals surface area contributed by atoms with Crippen LogP contribution >= 0.6 is 22.6 Å². The van der Waals surface area contributed by atoms with Crippen LogP contribution in [-0.4, -0.2) is 30.3 Å². The minimum Gasteiger partial charge on any atom is -0.494 e.